The number of ether oxygens (including phenoxy) is 1. The molecule has 156 valence electrons. The molecule has 0 aliphatic carbocycles. The van der Waals surface area contributed by atoms with Crippen molar-refractivity contribution in [3.8, 4) is 5.75 Å². The Morgan fingerprint density at radius 1 is 0.867 bits per heavy atom. The standard InChI is InChI=1S/C27H31NO2/c1-18(2)21-7-9-22(10-8-21)26(28-24-13-6-19(3)20(4)16-24)17-27(29)23-11-14-25(30-5)15-12-23/h6-16,18,26,28H,17H2,1-5H3. The van der Waals surface area contributed by atoms with E-state index in [1.54, 1.807) is 7.11 Å². The first kappa shape index (κ1) is 21.6. The van der Waals surface area contributed by atoms with E-state index in [1.165, 1.54) is 16.7 Å². The third-order valence-electron chi connectivity index (χ3n) is 5.65. The molecule has 0 radical (unpaired) electrons. The summed E-state index contributed by atoms with van der Waals surface area (Å²) in [6.45, 7) is 8.59. The van der Waals surface area contributed by atoms with Crippen molar-refractivity contribution in [2.45, 2.75) is 46.1 Å². The molecule has 3 heteroatoms. The molecule has 0 saturated carbocycles. The first-order valence-electron chi connectivity index (χ1n) is 10.5. The van der Waals surface area contributed by atoms with Crippen LogP contribution >= 0.6 is 0 Å². The highest BCUT2D eigenvalue weighted by Gasteiger charge is 2.18. The number of aryl methyl sites for hydroxylation is 2. The average Bonchev–Trinajstić information content (AvgIpc) is 2.76. The zero-order chi connectivity index (χ0) is 21.7. The van der Waals surface area contributed by atoms with Crippen LogP contribution in [0.25, 0.3) is 0 Å². The van der Waals surface area contributed by atoms with Crippen LogP contribution < -0.4 is 10.1 Å². The zero-order valence-electron chi connectivity index (χ0n) is 18.5. The summed E-state index contributed by atoms with van der Waals surface area (Å²) in [5.41, 5.74) is 6.62. The van der Waals surface area contributed by atoms with Gasteiger partial charge in [0.25, 0.3) is 0 Å². The van der Waals surface area contributed by atoms with Crippen LogP contribution in [0.1, 0.15) is 64.8 Å². The van der Waals surface area contributed by atoms with Crippen LogP contribution in [0.15, 0.2) is 66.7 Å². The fraction of sp³-hybridized carbons (Fsp3) is 0.296. The fourth-order valence-corrected chi connectivity index (χ4v) is 3.48. The Bertz CT molecular complexity index is 988. The summed E-state index contributed by atoms with van der Waals surface area (Å²) in [5.74, 6) is 1.33. The van der Waals surface area contributed by atoms with Gasteiger partial charge >= 0.3 is 0 Å². The van der Waals surface area contributed by atoms with Crippen LogP contribution in [0.4, 0.5) is 5.69 Å². The third-order valence-corrected chi connectivity index (χ3v) is 5.65. The van der Waals surface area contributed by atoms with Crippen LogP contribution in [0.3, 0.4) is 0 Å². The number of methoxy groups -OCH3 is 1. The predicted molar refractivity (Wildman–Crippen MR) is 125 cm³/mol. The first-order valence-corrected chi connectivity index (χ1v) is 10.5. The zero-order valence-corrected chi connectivity index (χ0v) is 18.5. The van der Waals surface area contributed by atoms with Gasteiger partial charge in [-0.3, -0.25) is 4.79 Å². The van der Waals surface area contributed by atoms with E-state index < -0.39 is 0 Å². The first-order chi connectivity index (χ1) is 14.4. The van der Waals surface area contributed by atoms with Crippen molar-refractivity contribution in [1.82, 2.24) is 0 Å². The highest BCUT2D eigenvalue weighted by atomic mass is 16.5. The molecule has 0 aliphatic heterocycles. The van der Waals surface area contributed by atoms with E-state index in [-0.39, 0.29) is 11.8 Å². The Hall–Kier alpha value is -3.07. The molecule has 3 aromatic carbocycles. The van der Waals surface area contributed by atoms with Gasteiger partial charge in [0.1, 0.15) is 5.75 Å². The number of anilines is 1. The van der Waals surface area contributed by atoms with Crippen molar-refractivity contribution in [3.63, 3.8) is 0 Å². The molecule has 3 aromatic rings. The molecule has 0 heterocycles. The maximum absolute atomic E-state index is 13.0. The maximum Gasteiger partial charge on any atom is 0.165 e. The molecular weight excluding hydrogens is 370 g/mol. The predicted octanol–water partition coefficient (Wildman–Crippen LogP) is 6.86. The average molecular weight is 402 g/mol. The number of nitrogens with one attached hydrogen (secondary N) is 1. The Morgan fingerprint density at radius 3 is 2.07 bits per heavy atom. The molecule has 0 bridgehead atoms. The number of Topliss-reactive ketones (excluding diaryl/α,β-unsaturated/α-hetero) is 1. The van der Waals surface area contributed by atoms with E-state index in [1.807, 2.05) is 24.3 Å². The Kier molecular flexibility index (Phi) is 6.94. The molecular formula is C27H31NO2. The summed E-state index contributed by atoms with van der Waals surface area (Å²) in [6, 6.07) is 22.1. The molecule has 3 nitrogen and oxygen atoms in total. The van der Waals surface area contributed by atoms with Crippen molar-refractivity contribution in [3.05, 3.63) is 94.5 Å². The molecule has 1 atom stereocenters. The van der Waals surface area contributed by atoms with E-state index >= 15 is 0 Å². The van der Waals surface area contributed by atoms with Gasteiger partial charge in [-0.15, -0.1) is 0 Å². The second kappa shape index (κ2) is 9.62. The smallest absolute Gasteiger partial charge is 0.165 e. The number of carbonyl (C=O) groups is 1. The Balaban J connectivity index is 1.87. The van der Waals surface area contributed by atoms with Crippen molar-refractivity contribution in [2.75, 3.05) is 12.4 Å². The quantitative estimate of drug-likeness (QED) is 0.419. The number of benzene rings is 3. The summed E-state index contributed by atoms with van der Waals surface area (Å²) in [4.78, 5) is 13.0. The summed E-state index contributed by atoms with van der Waals surface area (Å²) in [7, 11) is 1.63. The molecule has 0 spiro atoms. The van der Waals surface area contributed by atoms with Crippen molar-refractivity contribution in [1.29, 1.82) is 0 Å². The molecule has 1 unspecified atom stereocenters. The van der Waals surface area contributed by atoms with Gasteiger partial charge in [-0.1, -0.05) is 44.2 Å². The highest BCUT2D eigenvalue weighted by molar-refractivity contribution is 5.96. The lowest BCUT2D eigenvalue weighted by molar-refractivity contribution is 0.0976. The minimum atomic E-state index is -0.108. The van der Waals surface area contributed by atoms with Gasteiger partial charge in [0.15, 0.2) is 5.78 Å². The number of rotatable bonds is 8. The van der Waals surface area contributed by atoms with Gasteiger partial charge in [-0.05, 0) is 78.4 Å². The Morgan fingerprint density at radius 2 is 1.50 bits per heavy atom. The van der Waals surface area contributed by atoms with E-state index in [0.717, 1.165) is 17.0 Å². The summed E-state index contributed by atoms with van der Waals surface area (Å²) < 4.78 is 5.21. The van der Waals surface area contributed by atoms with Crippen molar-refractivity contribution >= 4 is 11.5 Å². The molecule has 30 heavy (non-hydrogen) atoms. The second-order valence-electron chi connectivity index (χ2n) is 8.17. The van der Waals surface area contributed by atoms with E-state index in [2.05, 4.69) is 75.5 Å². The van der Waals surface area contributed by atoms with Crippen LogP contribution in [0.2, 0.25) is 0 Å². The van der Waals surface area contributed by atoms with E-state index in [0.29, 0.717) is 17.9 Å². The van der Waals surface area contributed by atoms with Gasteiger partial charge in [0.2, 0.25) is 0 Å². The fourth-order valence-electron chi connectivity index (χ4n) is 3.48. The van der Waals surface area contributed by atoms with Crippen LogP contribution in [0, 0.1) is 13.8 Å². The Labute approximate surface area is 180 Å². The monoisotopic (exact) mass is 401 g/mol. The molecule has 3 rings (SSSR count). The van der Waals surface area contributed by atoms with Crippen LogP contribution in [-0.4, -0.2) is 12.9 Å². The third kappa shape index (κ3) is 5.29. The van der Waals surface area contributed by atoms with Gasteiger partial charge in [-0.2, -0.15) is 0 Å². The maximum atomic E-state index is 13.0. The lowest BCUT2D eigenvalue weighted by atomic mass is 9.94. The lowest BCUT2D eigenvalue weighted by Crippen LogP contribution is -2.16. The van der Waals surface area contributed by atoms with Crippen LogP contribution in [-0.2, 0) is 0 Å². The number of hydrogen-bond acceptors (Lipinski definition) is 3. The van der Waals surface area contributed by atoms with Gasteiger partial charge in [0.05, 0.1) is 13.2 Å². The highest BCUT2D eigenvalue weighted by Crippen LogP contribution is 2.27. The second-order valence-corrected chi connectivity index (χ2v) is 8.17. The topological polar surface area (TPSA) is 38.3 Å². The largest absolute Gasteiger partial charge is 0.497 e. The van der Waals surface area contributed by atoms with Gasteiger partial charge in [0, 0.05) is 17.7 Å². The summed E-state index contributed by atoms with van der Waals surface area (Å²) in [5, 5.41) is 3.59. The van der Waals surface area contributed by atoms with Crippen molar-refractivity contribution in [2.24, 2.45) is 0 Å². The molecule has 0 aliphatic rings. The SMILES string of the molecule is COc1ccc(C(=O)CC(Nc2ccc(C)c(C)c2)c2ccc(C(C)C)cc2)cc1. The van der Waals surface area contributed by atoms with E-state index in [9.17, 15) is 4.79 Å². The van der Waals surface area contributed by atoms with E-state index in [4.69, 9.17) is 4.74 Å². The van der Waals surface area contributed by atoms with Gasteiger partial charge < -0.3 is 10.1 Å². The summed E-state index contributed by atoms with van der Waals surface area (Å²) in [6.07, 6.45) is 0.375. The van der Waals surface area contributed by atoms with Crippen molar-refractivity contribution < 1.29 is 9.53 Å². The van der Waals surface area contributed by atoms with Crippen LogP contribution in [0.5, 0.6) is 5.75 Å². The van der Waals surface area contributed by atoms with Gasteiger partial charge in [-0.25, -0.2) is 0 Å². The molecule has 0 aromatic heterocycles. The normalized spacial score (nSPS) is 11.9. The number of ketones is 1. The molecule has 0 saturated heterocycles. The number of hydrogen-bond donors (Lipinski definition) is 1. The number of carbonyl (C=O) groups excluding carboxylic acids is 1. The lowest BCUT2D eigenvalue weighted by Gasteiger charge is -2.21. The summed E-state index contributed by atoms with van der Waals surface area (Å²) >= 11 is 0. The minimum absolute atomic E-state index is 0.104. The molecule has 1 N–H and O–H groups in total. The molecule has 0 fully saturated rings. The molecule has 0 amide bonds. The minimum Gasteiger partial charge on any atom is -0.497 e.